The molecular weight excluding hydrogens is 286 g/mol. The first-order valence-electron chi connectivity index (χ1n) is 6.97. The zero-order chi connectivity index (χ0) is 15.9. The maximum Gasteiger partial charge on any atom is 0.264 e. The Morgan fingerprint density at radius 1 is 1.38 bits per heavy atom. The summed E-state index contributed by atoms with van der Waals surface area (Å²) in [6.07, 6.45) is 5.34. The summed E-state index contributed by atoms with van der Waals surface area (Å²) < 4.78 is 26.0. The van der Waals surface area contributed by atoms with Gasteiger partial charge in [-0.2, -0.15) is 0 Å². The van der Waals surface area contributed by atoms with Crippen LogP contribution in [0.15, 0.2) is 45.3 Å². The molecule has 0 heterocycles. The second-order valence-electron chi connectivity index (χ2n) is 5.10. The fourth-order valence-electron chi connectivity index (χ4n) is 1.95. The van der Waals surface area contributed by atoms with E-state index in [-0.39, 0.29) is 4.90 Å². The SMILES string of the molecule is CC/C(C)=C/CCC(C)c1ccc(S(=O)(=O)N=[N+]=[N-])cc1. The molecule has 0 amide bonds. The van der Waals surface area contributed by atoms with Crippen molar-refractivity contribution >= 4 is 10.0 Å². The highest BCUT2D eigenvalue weighted by atomic mass is 32.2. The largest absolute Gasteiger partial charge is 0.264 e. The Labute approximate surface area is 126 Å². The first-order chi connectivity index (χ1) is 9.90. The minimum atomic E-state index is -3.89. The molecule has 0 saturated heterocycles. The van der Waals surface area contributed by atoms with E-state index in [0.717, 1.165) is 24.8 Å². The van der Waals surface area contributed by atoms with Crippen molar-refractivity contribution in [2.45, 2.75) is 50.8 Å². The normalized spacial score (nSPS) is 13.6. The zero-order valence-electron chi connectivity index (χ0n) is 12.7. The third kappa shape index (κ3) is 5.25. The number of hydrogen-bond acceptors (Lipinski definition) is 2. The molecular formula is C15H21N3O2S. The Kier molecular flexibility index (Phi) is 6.46. The lowest BCUT2D eigenvalue weighted by molar-refractivity contribution is 0.597. The van der Waals surface area contributed by atoms with E-state index in [1.54, 1.807) is 12.1 Å². The van der Waals surface area contributed by atoms with Gasteiger partial charge in [0.05, 0.1) is 4.90 Å². The molecule has 0 bridgehead atoms. The van der Waals surface area contributed by atoms with Crippen LogP contribution in [-0.4, -0.2) is 8.42 Å². The van der Waals surface area contributed by atoms with E-state index in [2.05, 4.69) is 36.3 Å². The second-order valence-corrected chi connectivity index (χ2v) is 6.68. The lowest BCUT2D eigenvalue weighted by Crippen LogP contribution is -1.97. The van der Waals surface area contributed by atoms with E-state index < -0.39 is 10.0 Å². The van der Waals surface area contributed by atoms with Gasteiger partial charge in [0.25, 0.3) is 10.0 Å². The summed E-state index contributed by atoms with van der Waals surface area (Å²) in [6.45, 7) is 6.38. The van der Waals surface area contributed by atoms with E-state index in [1.807, 2.05) is 0 Å². The van der Waals surface area contributed by atoms with E-state index in [4.69, 9.17) is 5.53 Å². The molecule has 0 radical (unpaired) electrons. The van der Waals surface area contributed by atoms with Gasteiger partial charge in [-0.25, -0.2) is 8.42 Å². The maximum atomic E-state index is 11.6. The summed E-state index contributed by atoms with van der Waals surface area (Å²) in [4.78, 5) is 2.36. The first-order valence-corrected chi connectivity index (χ1v) is 8.41. The topological polar surface area (TPSA) is 82.9 Å². The molecule has 0 aliphatic carbocycles. The highest BCUT2D eigenvalue weighted by molar-refractivity contribution is 7.90. The van der Waals surface area contributed by atoms with Gasteiger partial charge in [0.2, 0.25) is 0 Å². The molecule has 0 saturated carbocycles. The monoisotopic (exact) mass is 307 g/mol. The number of benzene rings is 1. The number of azide groups is 1. The Hall–Kier alpha value is -1.78. The first kappa shape index (κ1) is 17.3. The van der Waals surface area contributed by atoms with Crippen molar-refractivity contribution in [3.63, 3.8) is 0 Å². The van der Waals surface area contributed by atoms with Crippen molar-refractivity contribution in [2.75, 3.05) is 0 Å². The van der Waals surface area contributed by atoms with Crippen LogP contribution in [0.2, 0.25) is 0 Å². The molecule has 0 aliphatic heterocycles. The highest BCUT2D eigenvalue weighted by Gasteiger charge is 2.12. The molecule has 6 heteroatoms. The molecule has 0 spiro atoms. The number of hydrogen-bond donors (Lipinski definition) is 0. The molecule has 114 valence electrons. The van der Waals surface area contributed by atoms with Gasteiger partial charge in [0.1, 0.15) is 0 Å². The number of allylic oxidation sites excluding steroid dienone is 2. The third-order valence-corrected chi connectivity index (χ3v) is 4.70. The molecule has 21 heavy (non-hydrogen) atoms. The lowest BCUT2D eigenvalue weighted by atomic mass is 9.96. The van der Waals surface area contributed by atoms with Gasteiger partial charge in [-0.1, -0.05) is 37.6 Å². The molecule has 5 nitrogen and oxygen atoms in total. The summed E-state index contributed by atoms with van der Waals surface area (Å²) in [7, 11) is -3.89. The maximum absolute atomic E-state index is 11.6. The summed E-state index contributed by atoms with van der Waals surface area (Å²) >= 11 is 0. The lowest BCUT2D eigenvalue weighted by Gasteiger charge is -2.11. The Morgan fingerprint density at radius 3 is 2.52 bits per heavy atom. The van der Waals surface area contributed by atoms with Crippen LogP contribution in [0.3, 0.4) is 0 Å². The van der Waals surface area contributed by atoms with Crippen LogP contribution in [0.4, 0.5) is 0 Å². The molecule has 1 unspecified atom stereocenters. The fourth-order valence-corrected chi connectivity index (χ4v) is 2.62. The Bertz CT molecular complexity index is 642. The van der Waals surface area contributed by atoms with Gasteiger partial charge in [-0.15, -0.1) is 0 Å². The number of rotatable bonds is 7. The van der Waals surface area contributed by atoms with Crippen LogP contribution in [-0.2, 0) is 10.0 Å². The smallest absolute Gasteiger partial charge is 0.216 e. The van der Waals surface area contributed by atoms with E-state index in [1.165, 1.54) is 17.7 Å². The summed E-state index contributed by atoms with van der Waals surface area (Å²) in [5.74, 6) is 0.349. The van der Waals surface area contributed by atoms with Crippen LogP contribution < -0.4 is 0 Å². The number of nitrogens with zero attached hydrogens (tertiary/aromatic N) is 3. The third-order valence-electron chi connectivity index (χ3n) is 3.54. The van der Waals surface area contributed by atoms with E-state index >= 15 is 0 Å². The van der Waals surface area contributed by atoms with Crippen molar-refractivity contribution in [3.8, 4) is 0 Å². The summed E-state index contributed by atoms with van der Waals surface area (Å²) in [5.41, 5.74) is 10.7. The van der Waals surface area contributed by atoms with Crippen molar-refractivity contribution in [1.29, 1.82) is 0 Å². The van der Waals surface area contributed by atoms with Gasteiger partial charge in [0, 0.05) is 9.43 Å². The minimum Gasteiger partial charge on any atom is -0.216 e. The van der Waals surface area contributed by atoms with Gasteiger partial charge >= 0.3 is 0 Å². The van der Waals surface area contributed by atoms with E-state index in [9.17, 15) is 8.42 Å². The minimum absolute atomic E-state index is 0.0259. The van der Waals surface area contributed by atoms with Gasteiger partial charge in [-0.3, -0.25) is 0 Å². The van der Waals surface area contributed by atoms with E-state index in [0.29, 0.717) is 5.92 Å². The fraction of sp³-hybridized carbons (Fsp3) is 0.467. The quantitative estimate of drug-likeness (QED) is 0.310. The average molecular weight is 307 g/mol. The van der Waals surface area contributed by atoms with Crippen molar-refractivity contribution < 1.29 is 8.42 Å². The van der Waals surface area contributed by atoms with Crippen LogP contribution in [0.25, 0.3) is 10.4 Å². The van der Waals surface area contributed by atoms with Crippen molar-refractivity contribution in [3.05, 3.63) is 51.9 Å². The predicted octanol–water partition coefficient (Wildman–Crippen LogP) is 4.93. The van der Waals surface area contributed by atoms with Crippen LogP contribution in [0, 0.1) is 0 Å². The Morgan fingerprint density at radius 2 is 2.00 bits per heavy atom. The molecule has 0 N–H and O–H groups in total. The van der Waals surface area contributed by atoms with Crippen LogP contribution in [0.5, 0.6) is 0 Å². The standard InChI is InChI=1S/C15H21N3O2S/c1-4-12(2)6-5-7-13(3)14-8-10-15(11-9-14)21(19,20)18-17-16/h6,8-11,13H,4-5,7H2,1-3H3/b12-6+. The van der Waals surface area contributed by atoms with Gasteiger partial charge in [0.15, 0.2) is 0 Å². The average Bonchev–Trinajstić information content (AvgIpc) is 2.47. The molecule has 0 aliphatic rings. The van der Waals surface area contributed by atoms with Crippen LogP contribution in [0.1, 0.15) is 51.5 Å². The Balaban J connectivity index is 2.76. The predicted molar refractivity (Wildman–Crippen MR) is 84.5 cm³/mol. The molecule has 1 rings (SSSR count). The molecule has 0 fully saturated rings. The molecule has 1 aromatic carbocycles. The zero-order valence-corrected chi connectivity index (χ0v) is 13.5. The van der Waals surface area contributed by atoms with Gasteiger partial charge < -0.3 is 0 Å². The molecule has 1 aromatic rings. The van der Waals surface area contributed by atoms with Crippen molar-refractivity contribution in [1.82, 2.24) is 0 Å². The van der Waals surface area contributed by atoms with Crippen LogP contribution >= 0.6 is 0 Å². The number of sulfonamides is 1. The highest BCUT2D eigenvalue weighted by Crippen LogP contribution is 2.23. The summed E-state index contributed by atoms with van der Waals surface area (Å²) in [6, 6.07) is 6.54. The van der Waals surface area contributed by atoms with Crippen molar-refractivity contribution in [2.24, 2.45) is 4.52 Å². The summed E-state index contributed by atoms with van der Waals surface area (Å²) in [5, 5.41) is 0. The molecule has 0 aromatic heterocycles. The van der Waals surface area contributed by atoms with Gasteiger partial charge in [-0.05, 0) is 55.3 Å². The second kappa shape index (κ2) is 7.86. The molecule has 1 atom stereocenters.